The molecule has 0 aliphatic carbocycles. The van der Waals surface area contributed by atoms with Gasteiger partial charge in [0.15, 0.2) is 0 Å². The first-order chi connectivity index (χ1) is 11.0. The number of nitrogens with zero attached hydrogens (tertiary/aromatic N) is 2. The van der Waals surface area contributed by atoms with Crippen LogP contribution in [0.2, 0.25) is 0 Å². The van der Waals surface area contributed by atoms with Crippen LogP contribution in [-0.2, 0) is 10.0 Å². The molecular weight excluding hydrogens is 332 g/mol. The zero-order chi connectivity index (χ0) is 16.4. The molecule has 1 fully saturated rings. The van der Waals surface area contributed by atoms with Crippen molar-refractivity contribution in [1.29, 1.82) is 0 Å². The Labute approximate surface area is 141 Å². The molecule has 23 heavy (non-hydrogen) atoms. The summed E-state index contributed by atoms with van der Waals surface area (Å²) in [5, 5.41) is 0. The first-order valence-corrected chi connectivity index (χ1v) is 9.72. The van der Waals surface area contributed by atoms with Crippen LogP contribution in [0.1, 0.15) is 4.88 Å². The fourth-order valence-corrected chi connectivity index (χ4v) is 5.53. The Bertz CT molecular complexity index is 778. The van der Waals surface area contributed by atoms with Gasteiger partial charge in [-0.3, -0.25) is 0 Å². The third-order valence-corrected chi connectivity index (χ3v) is 7.33. The Morgan fingerprint density at radius 1 is 1.09 bits per heavy atom. The summed E-state index contributed by atoms with van der Waals surface area (Å²) in [5.41, 5.74) is 1.06. The van der Waals surface area contributed by atoms with E-state index < -0.39 is 10.0 Å². The molecule has 1 aromatic carbocycles. The molecule has 0 unspecified atom stereocenters. The van der Waals surface area contributed by atoms with Crippen molar-refractivity contribution >= 4 is 27.0 Å². The van der Waals surface area contributed by atoms with Crippen LogP contribution in [0.25, 0.3) is 0 Å². The molecule has 0 atom stereocenters. The summed E-state index contributed by atoms with van der Waals surface area (Å²) in [5.74, 6) is 0.812. The van der Waals surface area contributed by atoms with Crippen LogP contribution >= 0.6 is 11.3 Å². The molecule has 2 aromatic rings. The first-order valence-electron chi connectivity index (χ1n) is 7.46. The van der Waals surface area contributed by atoms with E-state index in [1.807, 2.05) is 37.3 Å². The monoisotopic (exact) mass is 352 g/mol. The molecule has 0 saturated carbocycles. The molecule has 7 heteroatoms. The first kappa shape index (κ1) is 16.3. The smallest absolute Gasteiger partial charge is 0.252 e. The normalized spacial score (nSPS) is 16.5. The fourth-order valence-electron chi connectivity index (χ4n) is 2.67. The minimum atomic E-state index is -3.36. The van der Waals surface area contributed by atoms with Crippen molar-refractivity contribution in [3.05, 3.63) is 41.3 Å². The molecule has 124 valence electrons. The highest BCUT2D eigenvalue weighted by Gasteiger charge is 2.29. The van der Waals surface area contributed by atoms with Crippen LogP contribution in [0.15, 0.2) is 40.6 Å². The van der Waals surface area contributed by atoms with Crippen LogP contribution in [-0.4, -0.2) is 46.0 Å². The number of methoxy groups -OCH3 is 1. The van der Waals surface area contributed by atoms with Gasteiger partial charge in [-0.2, -0.15) is 4.31 Å². The van der Waals surface area contributed by atoms with E-state index in [4.69, 9.17) is 4.74 Å². The highest BCUT2D eigenvalue weighted by atomic mass is 32.2. The number of benzene rings is 1. The largest absolute Gasteiger partial charge is 0.497 e. The Morgan fingerprint density at radius 2 is 1.83 bits per heavy atom. The summed E-state index contributed by atoms with van der Waals surface area (Å²) in [4.78, 5) is 3.20. The number of ether oxygens (including phenoxy) is 1. The molecule has 0 spiro atoms. The van der Waals surface area contributed by atoms with Crippen molar-refractivity contribution in [2.24, 2.45) is 0 Å². The summed E-state index contributed by atoms with van der Waals surface area (Å²) >= 11 is 1.33. The third kappa shape index (κ3) is 3.36. The lowest BCUT2D eigenvalue weighted by molar-refractivity contribution is 0.385. The number of piperazine rings is 1. The second-order valence-electron chi connectivity index (χ2n) is 5.46. The average molecular weight is 352 g/mol. The van der Waals surface area contributed by atoms with Gasteiger partial charge in [-0.25, -0.2) is 8.42 Å². The molecule has 1 aliphatic rings. The van der Waals surface area contributed by atoms with Gasteiger partial charge in [0.05, 0.1) is 7.11 Å². The lowest BCUT2D eigenvalue weighted by atomic mass is 10.2. The summed E-state index contributed by atoms with van der Waals surface area (Å²) in [6.45, 7) is 4.27. The number of rotatable bonds is 4. The molecule has 3 rings (SSSR count). The second kappa shape index (κ2) is 6.51. The second-order valence-corrected chi connectivity index (χ2v) is 8.91. The van der Waals surface area contributed by atoms with E-state index in [1.165, 1.54) is 11.3 Å². The van der Waals surface area contributed by atoms with Gasteiger partial charge in [0.2, 0.25) is 0 Å². The van der Waals surface area contributed by atoms with Crippen molar-refractivity contribution in [3.63, 3.8) is 0 Å². The fraction of sp³-hybridized carbons (Fsp3) is 0.375. The summed E-state index contributed by atoms with van der Waals surface area (Å²) < 4.78 is 32.5. The predicted octanol–water partition coefficient (Wildman–Crippen LogP) is 2.58. The van der Waals surface area contributed by atoms with Crippen LogP contribution in [0.5, 0.6) is 5.75 Å². The van der Waals surface area contributed by atoms with Crippen molar-refractivity contribution in [1.82, 2.24) is 4.31 Å². The van der Waals surface area contributed by atoms with Crippen LogP contribution < -0.4 is 9.64 Å². The van der Waals surface area contributed by atoms with Crippen molar-refractivity contribution < 1.29 is 13.2 Å². The summed E-state index contributed by atoms with van der Waals surface area (Å²) in [6, 6.07) is 11.4. The SMILES string of the molecule is COc1cccc(N2CCN(S(=O)(=O)c3ccc(C)s3)CC2)c1. The van der Waals surface area contributed by atoms with E-state index in [1.54, 1.807) is 17.5 Å². The molecule has 0 amide bonds. The molecule has 2 heterocycles. The van der Waals surface area contributed by atoms with E-state index in [0.29, 0.717) is 30.4 Å². The molecule has 0 N–H and O–H groups in total. The third-order valence-electron chi connectivity index (χ3n) is 3.97. The minimum Gasteiger partial charge on any atom is -0.497 e. The number of hydrogen-bond acceptors (Lipinski definition) is 5. The van der Waals surface area contributed by atoms with E-state index in [9.17, 15) is 8.42 Å². The minimum absolute atomic E-state index is 0.435. The van der Waals surface area contributed by atoms with E-state index in [2.05, 4.69) is 4.90 Å². The van der Waals surface area contributed by atoms with Gasteiger partial charge in [-0.15, -0.1) is 11.3 Å². The van der Waals surface area contributed by atoms with E-state index >= 15 is 0 Å². The summed E-state index contributed by atoms with van der Waals surface area (Å²) in [6.07, 6.45) is 0. The van der Waals surface area contributed by atoms with Gasteiger partial charge in [-0.05, 0) is 31.2 Å². The van der Waals surface area contributed by atoms with E-state index in [-0.39, 0.29) is 0 Å². The Balaban J connectivity index is 1.70. The quantitative estimate of drug-likeness (QED) is 0.849. The topological polar surface area (TPSA) is 49.9 Å². The molecular formula is C16H20N2O3S2. The van der Waals surface area contributed by atoms with Gasteiger partial charge in [0, 0.05) is 42.8 Å². The van der Waals surface area contributed by atoms with Gasteiger partial charge >= 0.3 is 0 Å². The number of sulfonamides is 1. The number of aryl methyl sites for hydroxylation is 1. The lowest BCUT2D eigenvalue weighted by Gasteiger charge is -2.35. The molecule has 1 aliphatic heterocycles. The maximum atomic E-state index is 12.6. The Kier molecular flexibility index (Phi) is 4.61. The number of thiophene rings is 1. The van der Waals surface area contributed by atoms with E-state index in [0.717, 1.165) is 16.3 Å². The Hall–Kier alpha value is -1.57. The molecule has 1 aromatic heterocycles. The molecule has 1 saturated heterocycles. The highest BCUT2D eigenvalue weighted by Crippen LogP contribution is 2.27. The Morgan fingerprint density at radius 3 is 2.43 bits per heavy atom. The van der Waals surface area contributed by atoms with Crippen molar-refractivity contribution in [3.8, 4) is 5.75 Å². The number of anilines is 1. The van der Waals surface area contributed by atoms with Crippen LogP contribution in [0.3, 0.4) is 0 Å². The predicted molar refractivity (Wildman–Crippen MR) is 93.0 cm³/mol. The van der Waals surface area contributed by atoms with Crippen LogP contribution in [0.4, 0.5) is 5.69 Å². The maximum absolute atomic E-state index is 12.6. The van der Waals surface area contributed by atoms with Gasteiger partial charge in [0.1, 0.15) is 9.96 Å². The molecule has 0 radical (unpaired) electrons. The van der Waals surface area contributed by atoms with Gasteiger partial charge in [0.25, 0.3) is 10.0 Å². The zero-order valence-electron chi connectivity index (χ0n) is 13.2. The average Bonchev–Trinajstić information content (AvgIpc) is 3.02. The van der Waals surface area contributed by atoms with Crippen LogP contribution in [0, 0.1) is 6.92 Å². The molecule has 0 bridgehead atoms. The maximum Gasteiger partial charge on any atom is 0.252 e. The standard InChI is InChI=1S/C16H20N2O3S2/c1-13-6-7-16(22-13)23(19,20)18-10-8-17(9-11-18)14-4-3-5-15(12-14)21-2/h3-7,12H,8-11H2,1-2H3. The van der Waals surface area contributed by atoms with Crippen molar-refractivity contribution in [2.75, 3.05) is 38.2 Å². The summed E-state index contributed by atoms with van der Waals surface area (Å²) in [7, 11) is -1.71. The van der Waals surface area contributed by atoms with Gasteiger partial charge < -0.3 is 9.64 Å². The lowest BCUT2D eigenvalue weighted by Crippen LogP contribution is -2.48. The highest BCUT2D eigenvalue weighted by molar-refractivity contribution is 7.91. The zero-order valence-corrected chi connectivity index (χ0v) is 14.9. The number of hydrogen-bond donors (Lipinski definition) is 0. The van der Waals surface area contributed by atoms with Gasteiger partial charge in [-0.1, -0.05) is 6.07 Å². The van der Waals surface area contributed by atoms with Crippen molar-refractivity contribution in [2.45, 2.75) is 11.1 Å². The molecule has 5 nitrogen and oxygen atoms in total.